The van der Waals surface area contributed by atoms with Crippen molar-refractivity contribution < 1.29 is 0 Å². The van der Waals surface area contributed by atoms with Crippen LogP contribution in [0.3, 0.4) is 0 Å². The second-order valence-corrected chi connectivity index (χ2v) is 5.55. The fraction of sp³-hybridized carbons (Fsp3) is 0.286. The van der Waals surface area contributed by atoms with Crippen LogP contribution in [0.15, 0.2) is 36.4 Å². The molecule has 0 unspecified atom stereocenters. The average molecular weight is 287 g/mol. The second kappa shape index (κ2) is 5.92. The number of nitrogen functional groups attached to an aromatic ring is 1. The quantitative estimate of drug-likeness (QED) is 0.540. The number of nitrogens with zero attached hydrogens (tertiary/aromatic N) is 3. The van der Waals surface area contributed by atoms with E-state index in [2.05, 4.69) is 25.9 Å². The first-order chi connectivity index (χ1) is 9.84. The zero-order valence-corrected chi connectivity index (χ0v) is 11.9. The van der Waals surface area contributed by atoms with E-state index in [1.165, 1.54) is 0 Å². The van der Waals surface area contributed by atoms with Crippen molar-refractivity contribution in [3.8, 4) is 0 Å². The normalized spacial score (nSPS) is 11.0. The van der Waals surface area contributed by atoms with Gasteiger partial charge in [0, 0.05) is 25.5 Å². The first-order valence-electron chi connectivity index (χ1n) is 6.66. The Bertz CT molecular complexity index is 674. The van der Waals surface area contributed by atoms with Crippen LogP contribution in [-0.2, 0) is 6.54 Å². The van der Waals surface area contributed by atoms with Gasteiger partial charge in [-0.05, 0) is 25.0 Å². The van der Waals surface area contributed by atoms with E-state index in [9.17, 15) is 0 Å². The number of unbranched alkanes of at least 4 members (excludes halogenated alkanes) is 1. The molecule has 0 saturated carbocycles. The van der Waals surface area contributed by atoms with Crippen LogP contribution in [0.5, 0.6) is 0 Å². The standard InChI is InChI=1S/C14H17N5S/c15-13-11(3-4-12-14(13)18-10-20-12)17-5-1-2-7-19-8-6-16-9-19/h3-4,6,8-10,17H,1-2,5,7,15H2. The number of anilines is 2. The molecule has 0 spiro atoms. The number of benzene rings is 1. The van der Waals surface area contributed by atoms with Gasteiger partial charge in [0.1, 0.15) is 5.52 Å². The molecule has 2 heterocycles. The lowest BCUT2D eigenvalue weighted by molar-refractivity contribution is 0.621. The maximum absolute atomic E-state index is 6.12. The first-order valence-corrected chi connectivity index (χ1v) is 7.54. The van der Waals surface area contributed by atoms with Crippen molar-refractivity contribution in [3.63, 3.8) is 0 Å². The van der Waals surface area contributed by atoms with E-state index < -0.39 is 0 Å². The van der Waals surface area contributed by atoms with E-state index in [-0.39, 0.29) is 0 Å². The van der Waals surface area contributed by atoms with E-state index in [0.717, 1.165) is 47.5 Å². The lowest BCUT2D eigenvalue weighted by Gasteiger charge is -2.09. The number of nitrogens with two attached hydrogens (primary N) is 1. The van der Waals surface area contributed by atoms with E-state index in [4.69, 9.17) is 5.73 Å². The molecular formula is C14H17N5S. The summed E-state index contributed by atoms with van der Waals surface area (Å²) in [6.45, 7) is 1.91. The molecule has 0 amide bonds. The molecule has 3 N–H and O–H groups in total. The molecule has 104 valence electrons. The predicted molar refractivity (Wildman–Crippen MR) is 84.0 cm³/mol. The Morgan fingerprint density at radius 1 is 1.30 bits per heavy atom. The van der Waals surface area contributed by atoms with Crippen LogP contribution in [0.2, 0.25) is 0 Å². The largest absolute Gasteiger partial charge is 0.395 e. The van der Waals surface area contributed by atoms with Gasteiger partial charge in [-0.1, -0.05) is 0 Å². The average Bonchev–Trinajstić information content (AvgIpc) is 3.11. The molecule has 0 aliphatic carbocycles. The van der Waals surface area contributed by atoms with Crippen LogP contribution in [0, 0.1) is 0 Å². The Kier molecular flexibility index (Phi) is 3.83. The minimum atomic E-state index is 0.748. The summed E-state index contributed by atoms with van der Waals surface area (Å²) < 4.78 is 3.23. The zero-order chi connectivity index (χ0) is 13.8. The number of aryl methyl sites for hydroxylation is 1. The van der Waals surface area contributed by atoms with Crippen LogP contribution in [0.1, 0.15) is 12.8 Å². The molecule has 1 aromatic carbocycles. The number of aromatic nitrogens is 3. The third-order valence-corrected chi connectivity index (χ3v) is 4.05. The number of hydrogen-bond donors (Lipinski definition) is 2. The maximum atomic E-state index is 6.12. The highest BCUT2D eigenvalue weighted by Crippen LogP contribution is 2.29. The molecule has 3 aromatic rings. The molecule has 0 aliphatic heterocycles. The third-order valence-electron chi connectivity index (χ3n) is 3.26. The number of imidazole rings is 1. The van der Waals surface area contributed by atoms with Crippen molar-refractivity contribution in [2.45, 2.75) is 19.4 Å². The predicted octanol–water partition coefficient (Wildman–Crippen LogP) is 2.97. The highest BCUT2D eigenvalue weighted by molar-refractivity contribution is 7.16. The monoisotopic (exact) mass is 287 g/mol. The van der Waals surface area contributed by atoms with Crippen molar-refractivity contribution in [2.24, 2.45) is 0 Å². The molecule has 0 bridgehead atoms. The zero-order valence-electron chi connectivity index (χ0n) is 11.1. The van der Waals surface area contributed by atoms with E-state index in [1.807, 2.05) is 30.3 Å². The molecule has 20 heavy (non-hydrogen) atoms. The summed E-state index contributed by atoms with van der Waals surface area (Å²) in [7, 11) is 0. The van der Waals surface area contributed by atoms with Crippen molar-refractivity contribution in [2.75, 3.05) is 17.6 Å². The van der Waals surface area contributed by atoms with Gasteiger partial charge in [0.05, 0.1) is 27.9 Å². The summed E-state index contributed by atoms with van der Waals surface area (Å²) in [5, 5.41) is 3.39. The summed E-state index contributed by atoms with van der Waals surface area (Å²) in [4.78, 5) is 8.33. The summed E-state index contributed by atoms with van der Waals surface area (Å²) in [6.07, 6.45) is 7.85. The first kappa shape index (κ1) is 12.9. The van der Waals surface area contributed by atoms with E-state index in [1.54, 1.807) is 11.3 Å². The summed E-state index contributed by atoms with van der Waals surface area (Å²) >= 11 is 1.61. The van der Waals surface area contributed by atoms with Crippen LogP contribution in [-0.4, -0.2) is 21.1 Å². The van der Waals surface area contributed by atoms with Crippen LogP contribution < -0.4 is 11.1 Å². The minimum Gasteiger partial charge on any atom is -0.395 e. The Balaban J connectivity index is 1.51. The number of fused-ring (bicyclic) bond motifs is 1. The van der Waals surface area contributed by atoms with Gasteiger partial charge in [-0.15, -0.1) is 11.3 Å². The SMILES string of the molecule is Nc1c(NCCCCn2ccnc2)ccc2scnc12. The lowest BCUT2D eigenvalue weighted by Crippen LogP contribution is -2.06. The molecule has 0 atom stereocenters. The van der Waals surface area contributed by atoms with Crippen molar-refractivity contribution in [1.29, 1.82) is 0 Å². The van der Waals surface area contributed by atoms with Gasteiger partial charge in [-0.25, -0.2) is 9.97 Å². The minimum absolute atomic E-state index is 0.748. The fourth-order valence-corrected chi connectivity index (χ4v) is 2.86. The van der Waals surface area contributed by atoms with Gasteiger partial charge in [0.15, 0.2) is 0 Å². The van der Waals surface area contributed by atoms with Gasteiger partial charge < -0.3 is 15.6 Å². The maximum Gasteiger partial charge on any atom is 0.106 e. The van der Waals surface area contributed by atoms with E-state index in [0.29, 0.717) is 0 Å². The topological polar surface area (TPSA) is 68.8 Å². The van der Waals surface area contributed by atoms with Gasteiger partial charge in [-0.3, -0.25) is 0 Å². The van der Waals surface area contributed by atoms with Crippen LogP contribution in [0.25, 0.3) is 10.2 Å². The number of thiazole rings is 1. The van der Waals surface area contributed by atoms with Crippen molar-refractivity contribution in [1.82, 2.24) is 14.5 Å². The molecule has 0 saturated heterocycles. The van der Waals surface area contributed by atoms with Crippen LogP contribution >= 0.6 is 11.3 Å². The second-order valence-electron chi connectivity index (χ2n) is 4.66. The number of hydrogen-bond acceptors (Lipinski definition) is 5. The highest BCUT2D eigenvalue weighted by Gasteiger charge is 2.05. The Hall–Kier alpha value is -2.08. The lowest BCUT2D eigenvalue weighted by atomic mass is 10.2. The van der Waals surface area contributed by atoms with E-state index >= 15 is 0 Å². The third kappa shape index (κ3) is 2.75. The molecule has 3 rings (SSSR count). The Morgan fingerprint density at radius 3 is 3.10 bits per heavy atom. The molecule has 0 radical (unpaired) electrons. The van der Waals surface area contributed by atoms with Gasteiger partial charge in [0.25, 0.3) is 0 Å². The molecule has 6 heteroatoms. The number of nitrogens with one attached hydrogen (secondary N) is 1. The molecule has 2 aromatic heterocycles. The molecule has 0 aliphatic rings. The highest BCUT2D eigenvalue weighted by atomic mass is 32.1. The Labute approximate surface area is 121 Å². The van der Waals surface area contributed by atoms with Gasteiger partial charge >= 0.3 is 0 Å². The summed E-state index contributed by atoms with van der Waals surface area (Å²) in [5.74, 6) is 0. The van der Waals surface area contributed by atoms with Crippen molar-refractivity contribution >= 4 is 32.9 Å². The van der Waals surface area contributed by atoms with Crippen LogP contribution in [0.4, 0.5) is 11.4 Å². The fourth-order valence-electron chi connectivity index (χ4n) is 2.17. The van der Waals surface area contributed by atoms with Gasteiger partial charge in [0.2, 0.25) is 0 Å². The molecule has 5 nitrogen and oxygen atoms in total. The summed E-state index contributed by atoms with van der Waals surface area (Å²) in [6, 6.07) is 4.10. The number of rotatable bonds is 6. The summed E-state index contributed by atoms with van der Waals surface area (Å²) in [5.41, 5.74) is 10.6. The Morgan fingerprint density at radius 2 is 2.25 bits per heavy atom. The van der Waals surface area contributed by atoms with Gasteiger partial charge in [-0.2, -0.15) is 0 Å². The molecular weight excluding hydrogens is 270 g/mol. The van der Waals surface area contributed by atoms with Crippen molar-refractivity contribution in [3.05, 3.63) is 36.4 Å². The molecule has 0 fully saturated rings. The smallest absolute Gasteiger partial charge is 0.106 e.